The summed E-state index contributed by atoms with van der Waals surface area (Å²) < 4.78 is 4.47. The summed E-state index contributed by atoms with van der Waals surface area (Å²) in [5, 5.41) is 2.48. The van der Waals surface area contributed by atoms with E-state index < -0.39 is 0 Å². The molecule has 3 aromatic carbocycles. The molecular weight excluding hydrogens is 338 g/mol. The van der Waals surface area contributed by atoms with Crippen LogP contribution in [0.25, 0.3) is 27.5 Å². The third kappa shape index (κ3) is 2.09. The molecule has 0 aliphatic carbocycles. The Morgan fingerprint density at radius 3 is 2.19 bits per heavy atom. The lowest BCUT2D eigenvalue weighted by Crippen LogP contribution is -2.25. The van der Waals surface area contributed by atoms with Crippen molar-refractivity contribution in [2.45, 2.75) is 18.7 Å². The Balaban J connectivity index is 1.86. The van der Waals surface area contributed by atoms with E-state index >= 15 is 0 Å². The first-order valence-corrected chi connectivity index (χ1v) is 9.15. The summed E-state index contributed by atoms with van der Waals surface area (Å²) in [4.78, 5) is 3.14. The predicted octanol–water partition coefficient (Wildman–Crippen LogP) is 5.60. The van der Waals surface area contributed by atoms with E-state index in [9.17, 15) is 0 Å². The molecule has 0 unspecified atom stereocenters. The van der Waals surface area contributed by atoms with Gasteiger partial charge in [0.2, 0.25) is 0 Å². The van der Waals surface area contributed by atoms with E-state index in [2.05, 4.69) is 114 Å². The number of benzene rings is 3. The van der Waals surface area contributed by atoms with E-state index in [0.29, 0.717) is 0 Å². The van der Waals surface area contributed by atoms with Crippen LogP contribution in [0.5, 0.6) is 0 Å². The van der Waals surface area contributed by atoms with Gasteiger partial charge in [-0.3, -0.25) is 0 Å². The zero-order valence-electron chi connectivity index (χ0n) is 14.7. The Bertz CT molecular complexity index is 1250. The monoisotopic (exact) mass is 357 g/mol. The highest BCUT2D eigenvalue weighted by Gasteiger charge is 2.16. The van der Waals surface area contributed by atoms with Gasteiger partial charge in [0.05, 0.1) is 22.9 Å². The van der Waals surface area contributed by atoms with E-state index in [0.717, 1.165) is 10.4 Å². The lowest BCUT2D eigenvalue weighted by molar-refractivity contribution is 0.486. The molecule has 0 fully saturated rings. The van der Waals surface area contributed by atoms with Gasteiger partial charge in [-0.2, -0.15) is 4.79 Å². The van der Waals surface area contributed by atoms with Gasteiger partial charge in [0, 0.05) is 21.9 Å². The van der Waals surface area contributed by atoms with Crippen LogP contribution in [0.15, 0.2) is 78.0 Å². The predicted molar refractivity (Wildman–Crippen MR) is 111 cm³/mol. The first-order chi connectivity index (χ1) is 12.6. The zero-order chi connectivity index (χ0) is 17.8. The van der Waals surface area contributed by atoms with Crippen LogP contribution in [0.2, 0.25) is 0 Å². The van der Waals surface area contributed by atoms with Crippen molar-refractivity contribution in [1.29, 1.82) is 0 Å². The first-order valence-electron chi connectivity index (χ1n) is 8.70. The molecule has 4 heteroatoms. The normalized spacial score (nSPS) is 11.7. The minimum atomic E-state index is 0.963. The number of aromatic nitrogens is 3. The van der Waals surface area contributed by atoms with Crippen molar-refractivity contribution in [3.05, 3.63) is 84.2 Å². The number of aryl methyl sites for hydroxylation is 2. The number of rotatable bonds is 2. The maximum atomic E-state index is 4.57. The number of thiol groups is 1. The maximum absolute atomic E-state index is 4.57. The van der Waals surface area contributed by atoms with Gasteiger partial charge in [0.15, 0.2) is 0 Å². The Kier molecular flexibility index (Phi) is 3.31. The smallest absolute Gasteiger partial charge is 0.0742 e. The van der Waals surface area contributed by atoms with Crippen molar-refractivity contribution in [1.82, 2.24) is 14.1 Å². The molecule has 0 aliphatic rings. The number of hydrogen-bond donors (Lipinski definition) is 1. The fraction of sp³-hybridized carbons (Fsp3) is 0.0909. The molecule has 3 nitrogen and oxygen atoms in total. The van der Waals surface area contributed by atoms with Crippen molar-refractivity contribution in [2.75, 3.05) is 0 Å². The van der Waals surface area contributed by atoms with Gasteiger partial charge >= 0.3 is 0 Å². The number of fused-ring (bicyclic) bond motifs is 3. The van der Waals surface area contributed by atoms with Crippen LogP contribution in [-0.2, 0) is 0 Å². The Hall–Kier alpha value is -2.85. The molecule has 2 aromatic heterocycles. The molecular formula is C22H19N3S. The van der Waals surface area contributed by atoms with Gasteiger partial charge < -0.3 is 0 Å². The largest absolute Gasteiger partial charge is 0.240 e. The highest BCUT2D eigenvalue weighted by Crippen LogP contribution is 2.31. The van der Waals surface area contributed by atoms with E-state index in [-0.39, 0.29) is 0 Å². The fourth-order valence-corrected chi connectivity index (χ4v) is 4.06. The third-order valence-electron chi connectivity index (χ3n) is 5.07. The van der Waals surface area contributed by atoms with Crippen LogP contribution in [-0.4, -0.2) is 14.1 Å². The number of hydrogen-bond acceptors (Lipinski definition) is 1. The summed E-state index contributed by atoms with van der Waals surface area (Å²) in [7, 11) is 0. The molecule has 0 aliphatic heterocycles. The molecule has 26 heavy (non-hydrogen) atoms. The molecule has 0 saturated carbocycles. The highest BCUT2D eigenvalue weighted by molar-refractivity contribution is 7.80. The van der Waals surface area contributed by atoms with Crippen LogP contribution < -0.4 is 0 Å². The van der Waals surface area contributed by atoms with Crippen LogP contribution in [0.3, 0.4) is 0 Å². The van der Waals surface area contributed by atoms with Crippen molar-refractivity contribution in [3.63, 3.8) is 0 Å². The maximum Gasteiger partial charge on any atom is 0.0742 e. The van der Waals surface area contributed by atoms with Crippen molar-refractivity contribution in [2.24, 2.45) is 0 Å². The average Bonchev–Trinajstić information content (AvgIpc) is 2.91. The van der Waals surface area contributed by atoms with Gasteiger partial charge in [-0.25, -0.2) is 9.36 Å². The second kappa shape index (κ2) is 5.58. The van der Waals surface area contributed by atoms with Crippen LogP contribution in [0.4, 0.5) is 0 Å². The third-order valence-corrected chi connectivity index (χ3v) is 5.35. The first kappa shape index (κ1) is 15.4. The molecule has 0 atom stereocenters. The molecule has 0 radical (unpaired) electrons. The molecule has 0 N–H and O–H groups in total. The molecule has 0 bridgehead atoms. The van der Waals surface area contributed by atoms with Crippen LogP contribution in [0, 0.1) is 13.8 Å². The molecule has 5 rings (SSSR count). The van der Waals surface area contributed by atoms with Crippen LogP contribution >= 0.6 is 12.6 Å². The molecule has 0 saturated heterocycles. The summed E-state index contributed by atoms with van der Waals surface area (Å²) in [5.41, 5.74) is 6.08. The summed E-state index contributed by atoms with van der Waals surface area (Å²) in [6.45, 7) is 4.31. The Morgan fingerprint density at radius 2 is 1.46 bits per heavy atom. The lowest BCUT2D eigenvalue weighted by Gasteiger charge is -2.25. The molecule has 128 valence electrons. The molecule has 5 aromatic rings. The average molecular weight is 357 g/mol. The highest BCUT2D eigenvalue weighted by atomic mass is 32.1. The van der Waals surface area contributed by atoms with Crippen molar-refractivity contribution >= 4 is 34.4 Å². The van der Waals surface area contributed by atoms with Crippen LogP contribution in [0.1, 0.15) is 11.1 Å². The van der Waals surface area contributed by atoms with Gasteiger partial charge in [-0.05, 0) is 43.2 Å². The van der Waals surface area contributed by atoms with E-state index in [1.165, 1.54) is 33.1 Å². The molecule has 0 amide bonds. The Labute approximate surface area is 157 Å². The van der Waals surface area contributed by atoms with Gasteiger partial charge in [0.1, 0.15) is 0 Å². The van der Waals surface area contributed by atoms with E-state index in [4.69, 9.17) is 0 Å². The molecule has 0 spiro atoms. The Morgan fingerprint density at radius 1 is 0.731 bits per heavy atom. The van der Waals surface area contributed by atoms with Gasteiger partial charge in [-0.15, -0.1) is 12.6 Å². The zero-order valence-corrected chi connectivity index (χ0v) is 15.6. The van der Waals surface area contributed by atoms with E-state index in [1.54, 1.807) is 0 Å². The second-order valence-electron chi connectivity index (χ2n) is 6.73. The van der Waals surface area contributed by atoms with Crippen molar-refractivity contribution < 1.29 is 0 Å². The summed E-state index contributed by atoms with van der Waals surface area (Å²) in [6.07, 6.45) is 4.21. The summed E-state index contributed by atoms with van der Waals surface area (Å²) in [6, 6.07) is 21.3. The van der Waals surface area contributed by atoms with Crippen molar-refractivity contribution in [3.8, 4) is 5.69 Å². The lowest BCUT2D eigenvalue weighted by atomic mass is 10.1. The van der Waals surface area contributed by atoms with Gasteiger partial charge in [0.25, 0.3) is 0 Å². The quantitative estimate of drug-likeness (QED) is 0.395. The fourth-order valence-electron chi connectivity index (χ4n) is 3.86. The minimum absolute atomic E-state index is 0.963. The molecule has 2 heterocycles. The summed E-state index contributed by atoms with van der Waals surface area (Å²) in [5.74, 6) is 0. The minimum Gasteiger partial charge on any atom is -0.240 e. The number of para-hydroxylation sites is 2. The van der Waals surface area contributed by atoms with Gasteiger partial charge in [-0.1, -0.05) is 42.5 Å². The SMILES string of the molecule is Cc1cccc(C)c1-n1ccn1-n1c2ccccc2c2ccc(S)cc21. The second-order valence-corrected chi connectivity index (χ2v) is 7.25. The topological polar surface area (TPSA) is 14.8 Å². The summed E-state index contributed by atoms with van der Waals surface area (Å²) >= 11 is 4.57. The standard InChI is InChI=1S/C22H19N3S/c1-15-6-5-7-16(2)22(15)23-12-13-24(23)25-20-9-4-3-8-18(20)19-11-10-17(26)14-21(19)25/h3-14,26H,1-2H3. The van der Waals surface area contributed by atoms with E-state index in [1.807, 2.05) is 0 Å². The number of nitrogens with zero attached hydrogens (tertiary/aromatic N) is 3.